The highest BCUT2D eigenvalue weighted by Gasteiger charge is 2.70. The lowest BCUT2D eigenvalue weighted by Crippen LogP contribution is -2.64. The summed E-state index contributed by atoms with van der Waals surface area (Å²) in [6, 6.07) is -0.429. The Balaban J connectivity index is 1.33. The van der Waals surface area contributed by atoms with Crippen molar-refractivity contribution in [3.8, 4) is 0 Å². The van der Waals surface area contributed by atoms with Gasteiger partial charge in [0.05, 0.1) is 23.6 Å². The van der Waals surface area contributed by atoms with E-state index in [1.165, 1.54) is 11.2 Å². The van der Waals surface area contributed by atoms with Crippen molar-refractivity contribution in [1.82, 2.24) is 20.9 Å². The number of ketones is 1. The van der Waals surface area contributed by atoms with Gasteiger partial charge in [0.2, 0.25) is 17.6 Å². The zero-order valence-electron chi connectivity index (χ0n) is 28.7. The fourth-order valence-electron chi connectivity index (χ4n) is 8.00. The number of Topliss-reactive ketones (excluding diaryl/α,β-unsaturated/α-hetero) is 1. The molecule has 0 aromatic carbocycles. The molecule has 0 bridgehead atoms. The Morgan fingerprint density at radius 1 is 1.06 bits per heavy atom. The van der Waals surface area contributed by atoms with E-state index >= 15 is 0 Å². The van der Waals surface area contributed by atoms with Gasteiger partial charge in [-0.2, -0.15) is 0 Å². The van der Waals surface area contributed by atoms with E-state index < -0.39 is 68.5 Å². The molecule has 1 aliphatic heterocycles. The fourth-order valence-corrected chi connectivity index (χ4v) is 9.90. The van der Waals surface area contributed by atoms with Gasteiger partial charge in [-0.25, -0.2) is 13.2 Å². The molecule has 0 spiro atoms. The average Bonchev–Trinajstić information content (AvgIpc) is 3.70. The number of piperidine rings is 1. The fraction of sp³-hybridized carbons (Fsp3) is 0.735. The number of nitrogens with one attached hydrogen (secondary N) is 3. The smallest absolute Gasteiger partial charge is 0.315 e. The highest BCUT2D eigenvalue weighted by Crippen LogP contribution is 2.65. The molecule has 4 aliphatic rings. The summed E-state index contributed by atoms with van der Waals surface area (Å²) >= 11 is 0. The first-order valence-corrected chi connectivity index (χ1v) is 18.9. The van der Waals surface area contributed by atoms with E-state index in [9.17, 15) is 32.4 Å². The molecule has 1 aromatic rings. The SMILES string of the molecule is CC(C)(C)[C@H](NC(=O)NC1(CS(=O)(=O)Cc2ccco2)CCCCC1)C(=O)N1C[C@H]2[C@@H]([C@H]1C(=O)NC(CC1CC1)C(=O)C(N)=O)C2(C)C. The monoisotopic (exact) mass is 689 g/mol. The summed E-state index contributed by atoms with van der Waals surface area (Å²) in [6.07, 6.45) is 6.93. The predicted octanol–water partition coefficient (Wildman–Crippen LogP) is 2.43. The minimum absolute atomic E-state index is 0.0465. The molecule has 1 aromatic heterocycles. The van der Waals surface area contributed by atoms with Crippen LogP contribution in [0, 0.1) is 28.6 Å². The van der Waals surface area contributed by atoms with Crippen LogP contribution in [0.15, 0.2) is 22.8 Å². The number of sulfone groups is 1. The van der Waals surface area contributed by atoms with E-state index in [0.717, 1.165) is 32.1 Å². The standard InChI is InChI=1S/C34H51N5O8S/c1-32(2,3)27(37-31(44)38-34(13-7-6-8-14-34)19-48(45,46)18-21-10-9-15-47-21)30(43)39-17-22-24(33(22,4)5)25(39)29(42)36-23(16-20-11-12-20)26(40)28(35)41/h9-10,15,20,22-25,27H,6-8,11-14,16-19H2,1-5H3,(H2,35,41)(H,36,42)(H2,37,38,44)/t22-,23?,24-,25-,27+/m0/s1. The Morgan fingerprint density at radius 3 is 2.29 bits per heavy atom. The zero-order chi connectivity index (χ0) is 35.2. The first-order valence-electron chi connectivity index (χ1n) is 17.1. The molecule has 5 amide bonds. The average molecular weight is 690 g/mol. The van der Waals surface area contributed by atoms with Crippen LogP contribution in [0.25, 0.3) is 0 Å². The number of nitrogens with zero attached hydrogens (tertiary/aromatic N) is 1. The lowest BCUT2D eigenvalue weighted by atomic mass is 9.83. The third kappa shape index (κ3) is 7.89. The molecule has 4 fully saturated rings. The van der Waals surface area contributed by atoms with Gasteiger partial charge in [-0.1, -0.05) is 66.7 Å². The number of primary amides is 1. The number of furan rings is 1. The van der Waals surface area contributed by atoms with Gasteiger partial charge in [-0.15, -0.1) is 0 Å². The Hall–Kier alpha value is -3.42. The number of nitrogens with two attached hydrogens (primary N) is 1. The van der Waals surface area contributed by atoms with Crippen molar-refractivity contribution in [3.05, 3.63) is 24.2 Å². The lowest BCUT2D eigenvalue weighted by molar-refractivity contribution is -0.145. The molecule has 3 aliphatic carbocycles. The maximum atomic E-state index is 14.4. The number of fused-ring (bicyclic) bond motifs is 1. The van der Waals surface area contributed by atoms with Crippen LogP contribution in [0.3, 0.4) is 0 Å². The second kappa shape index (κ2) is 13.1. The van der Waals surface area contributed by atoms with E-state index in [1.54, 1.807) is 12.1 Å². The van der Waals surface area contributed by atoms with Gasteiger partial charge < -0.3 is 31.0 Å². The molecule has 3 saturated carbocycles. The highest BCUT2D eigenvalue weighted by molar-refractivity contribution is 7.90. The Bertz CT molecular complexity index is 1520. The second-order valence-corrected chi connectivity index (χ2v) is 18.3. The van der Waals surface area contributed by atoms with Gasteiger partial charge in [0, 0.05) is 6.54 Å². The van der Waals surface area contributed by atoms with Gasteiger partial charge in [-0.05, 0) is 60.0 Å². The minimum Gasteiger partial charge on any atom is -0.468 e. The molecular formula is C34H51N5O8S. The topological polar surface area (TPSA) is 198 Å². The van der Waals surface area contributed by atoms with Crippen LogP contribution < -0.4 is 21.7 Å². The van der Waals surface area contributed by atoms with Crippen LogP contribution in [0.1, 0.15) is 91.7 Å². The van der Waals surface area contributed by atoms with Crippen LogP contribution >= 0.6 is 0 Å². The van der Waals surface area contributed by atoms with Gasteiger partial charge in [0.15, 0.2) is 9.84 Å². The third-order valence-corrected chi connectivity index (χ3v) is 12.6. The summed E-state index contributed by atoms with van der Waals surface area (Å²) in [6.45, 7) is 9.82. The zero-order valence-corrected chi connectivity index (χ0v) is 29.5. The van der Waals surface area contributed by atoms with Gasteiger partial charge in [-0.3, -0.25) is 19.2 Å². The van der Waals surface area contributed by atoms with Crippen LogP contribution in [0.2, 0.25) is 0 Å². The van der Waals surface area contributed by atoms with Crippen molar-refractivity contribution in [2.45, 2.75) is 115 Å². The van der Waals surface area contributed by atoms with Crippen molar-refractivity contribution in [2.75, 3.05) is 12.3 Å². The van der Waals surface area contributed by atoms with Crippen LogP contribution in [-0.2, 0) is 34.8 Å². The number of carbonyl (C=O) groups is 5. The number of likely N-dealkylation sites (tertiary alicyclic amines) is 1. The van der Waals surface area contributed by atoms with Crippen LogP contribution in [0.5, 0.6) is 0 Å². The quantitative estimate of drug-likeness (QED) is 0.227. The predicted molar refractivity (Wildman–Crippen MR) is 177 cm³/mol. The first-order chi connectivity index (χ1) is 22.3. The van der Waals surface area contributed by atoms with Crippen molar-refractivity contribution < 1.29 is 36.8 Å². The molecule has 5 rings (SSSR count). The summed E-state index contributed by atoms with van der Waals surface area (Å²) in [5, 5.41) is 8.58. The number of rotatable bonds is 13. The number of carbonyl (C=O) groups excluding carboxylic acids is 5. The highest BCUT2D eigenvalue weighted by atomic mass is 32.2. The lowest BCUT2D eigenvalue weighted by Gasteiger charge is -2.40. The van der Waals surface area contributed by atoms with Crippen molar-refractivity contribution >= 4 is 39.4 Å². The Kier molecular flexibility index (Phi) is 9.81. The van der Waals surface area contributed by atoms with Crippen LogP contribution in [-0.4, -0.2) is 78.8 Å². The molecular weight excluding hydrogens is 638 g/mol. The largest absolute Gasteiger partial charge is 0.468 e. The van der Waals surface area contributed by atoms with E-state index in [1.807, 2.05) is 34.6 Å². The van der Waals surface area contributed by atoms with Gasteiger partial charge in [0.1, 0.15) is 23.6 Å². The summed E-state index contributed by atoms with van der Waals surface area (Å²) in [5.74, 6) is -3.03. The number of hydrogen-bond donors (Lipinski definition) is 4. The van der Waals surface area contributed by atoms with E-state index in [2.05, 4.69) is 16.0 Å². The normalized spacial score (nSPS) is 25.7. The maximum Gasteiger partial charge on any atom is 0.315 e. The molecule has 14 heteroatoms. The molecule has 48 heavy (non-hydrogen) atoms. The molecule has 266 valence electrons. The molecule has 13 nitrogen and oxygen atoms in total. The first kappa shape index (κ1) is 35.9. The van der Waals surface area contributed by atoms with Crippen molar-refractivity contribution in [2.24, 2.45) is 34.3 Å². The van der Waals surface area contributed by atoms with Crippen molar-refractivity contribution in [1.29, 1.82) is 0 Å². The molecule has 5 N–H and O–H groups in total. The van der Waals surface area contributed by atoms with E-state index in [-0.39, 0.29) is 34.7 Å². The number of amides is 5. The molecule has 0 radical (unpaired) electrons. The molecule has 1 saturated heterocycles. The maximum absolute atomic E-state index is 14.4. The van der Waals surface area contributed by atoms with Crippen LogP contribution in [0.4, 0.5) is 4.79 Å². The third-order valence-electron chi connectivity index (χ3n) is 10.9. The van der Waals surface area contributed by atoms with Gasteiger partial charge >= 0.3 is 6.03 Å². The summed E-state index contributed by atoms with van der Waals surface area (Å²) < 4.78 is 31.8. The molecule has 1 unspecified atom stereocenters. The minimum atomic E-state index is -3.66. The number of urea groups is 1. The second-order valence-electron chi connectivity index (χ2n) is 16.2. The van der Waals surface area contributed by atoms with E-state index in [0.29, 0.717) is 31.6 Å². The summed E-state index contributed by atoms with van der Waals surface area (Å²) in [5.41, 5.74) is 3.30. The Labute approximate surface area is 282 Å². The summed E-state index contributed by atoms with van der Waals surface area (Å²) in [7, 11) is -3.66. The van der Waals surface area contributed by atoms with E-state index in [4.69, 9.17) is 10.2 Å². The van der Waals surface area contributed by atoms with Crippen molar-refractivity contribution in [3.63, 3.8) is 0 Å². The Morgan fingerprint density at radius 2 is 1.73 bits per heavy atom. The van der Waals surface area contributed by atoms with Gasteiger partial charge in [0.25, 0.3) is 5.91 Å². The number of hydrogen-bond acceptors (Lipinski definition) is 8. The molecule has 2 heterocycles. The summed E-state index contributed by atoms with van der Waals surface area (Å²) in [4.78, 5) is 67.9. The molecule has 5 atom stereocenters.